The van der Waals surface area contributed by atoms with E-state index < -0.39 is 30.4 Å². The van der Waals surface area contributed by atoms with Gasteiger partial charge in [0.05, 0.1) is 25.8 Å². The van der Waals surface area contributed by atoms with E-state index in [2.05, 4.69) is 20.6 Å². The van der Waals surface area contributed by atoms with Crippen molar-refractivity contribution in [1.29, 1.82) is 0 Å². The Morgan fingerprint density at radius 3 is 2.31 bits per heavy atom. The van der Waals surface area contributed by atoms with E-state index in [0.29, 0.717) is 0 Å². The zero-order valence-corrected chi connectivity index (χ0v) is 16.0. The maximum absolute atomic E-state index is 12.6. The van der Waals surface area contributed by atoms with E-state index in [0.717, 1.165) is 0 Å². The van der Waals surface area contributed by atoms with Crippen molar-refractivity contribution in [3.63, 3.8) is 0 Å². The predicted molar refractivity (Wildman–Crippen MR) is 99.2 cm³/mol. The van der Waals surface area contributed by atoms with Crippen LogP contribution in [0.4, 0.5) is 0 Å². The van der Waals surface area contributed by atoms with E-state index in [-0.39, 0.29) is 29.1 Å². The van der Waals surface area contributed by atoms with Gasteiger partial charge in [0, 0.05) is 0 Å². The highest BCUT2D eigenvalue weighted by Gasteiger charge is 2.20. The summed E-state index contributed by atoms with van der Waals surface area (Å²) in [6.45, 7) is 0.877. The largest absolute Gasteiger partial charge is 0.481 e. The monoisotopic (exact) mass is 404 g/mol. The van der Waals surface area contributed by atoms with Crippen molar-refractivity contribution < 1.29 is 33.7 Å². The number of carbonyl (C=O) groups is 3. The first-order valence-corrected chi connectivity index (χ1v) is 8.38. The molecule has 0 spiro atoms. The van der Waals surface area contributed by atoms with E-state index >= 15 is 0 Å². The molecule has 0 saturated heterocycles. The number of carboxylic acids is 1. The number of benzene rings is 1. The van der Waals surface area contributed by atoms with Gasteiger partial charge in [-0.2, -0.15) is 9.97 Å². The lowest BCUT2D eigenvalue weighted by Gasteiger charge is -2.15. The predicted octanol–water partition coefficient (Wildman–Crippen LogP) is 0.605. The van der Waals surface area contributed by atoms with Crippen LogP contribution in [0.15, 0.2) is 30.3 Å². The van der Waals surface area contributed by atoms with E-state index in [1.54, 1.807) is 12.1 Å². The Kier molecular flexibility index (Phi) is 7.29. The van der Waals surface area contributed by atoms with Crippen molar-refractivity contribution in [1.82, 2.24) is 20.6 Å². The second kappa shape index (κ2) is 9.88. The molecule has 0 radical (unpaired) electrons. The minimum atomic E-state index is -1.19. The number of aromatic nitrogens is 2. The van der Waals surface area contributed by atoms with Crippen LogP contribution in [-0.4, -0.2) is 59.7 Å². The summed E-state index contributed by atoms with van der Waals surface area (Å²) in [7, 11) is 2.84. The summed E-state index contributed by atoms with van der Waals surface area (Å²) in [4.78, 5) is 43.0. The summed E-state index contributed by atoms with van der Waals surface area (Å²) in [5.74, 6) is -1.88. The molecule has 0 aliphatic carbocycles. The third kappa shape index (κ3) is 6.06. The Hall–Kier alpha value is -3.89. The molecule has 154 valence electrons. The lowest BCUT2D eigenvalue weighted by molar-refractivity contribution is -0.138. The van der Waals surface area contributed by atoms with Crippen molar-refractivity contribution in [2.24, 2.45) is 0 Å². The van der Waals surface area contributed by atoms with E-state index in [4.69, 9.17) is 19.3 Å². The highest BCUT2D eigenvalue weighted by atomic mass is 16.5. The van der Waals surface area contributed by atoms with Gasteiger partial charge in [-0.25, -0.2) is 0 Å². The number of hydrogen-bond donors (Lipinski definition) is 3. The Balaban J connectivity index is 2.17. The SMILES string of the molecule is COc1cc(OC)nc(Oc2ccccc2C(=O)NC(C)C(=O)NCC(=O)O)n1. The fraction of sp³-hybridized carbons (Fsp3) is 0.278. The van der Waals surface area contributed by atoms with Crippen LogP contribution in [0.3, 0.4) is 0 Å². The molecule has 1 atom stereocenters. The Bertz CT molecular complexity index is 881. The van der Waals surface area contributed by atoms with Gasteiger partial charge in [-0.1, -0.05) is 12.1 Å². The first-order valence-electron chi connectivity index (χ1n) is 8.38. The number of methoxy groups -OCH3 is 2. The number of ether oxygens (including phenoxy) is 3. The average molecular weight is 404 g/mol. The molecular formula is C18H20N4O7. The molecule has 1 unspecified atom stereocenters. The summed E-state index contributed by atoms with van der Waals surface area (Å²) < 4.78 is 15.7. The van der Waals surface area contributed by atoms with Crippen molar-refractivity contribution >= 4 is 17.8 Å². The van der Waals surface area contributed by atoms with Crippen LogP contribution >= 0.6 is 0 Å². The zero-order chi connectivity index (χ0) is 21.4. The first-order chi connectivity index (χ1) is 13.8. The average Bonchev–Trinajstić information content (AvgIpc) is 2.71. The van der Waals surface area contributed by atoms with Gasteiger partial charge >= 0.3 is 12.0 Å². The number of rotatable bonds is 9. The summed E-state index contributed by atoms with van der Waals surface area (Å²) in [5, 5.41) is 13.3. The van der Waals surface area contributed by atoms with Gasteiger partial charge < -0.3 is 30.0 Å². The minimum absolute atomic E-state index is 0.103. The maximum atomic E-state index is 12.6. The standard InChI is InChI=1S/C18H20N4O7/c1-10(16(25)19-9-15(23)24)20-17(26)11-6-4-5-7-12(11)29-18-21-13(27-2)8-14(22-18)28-3/h4-8,10H,9H2,1-3H3,(H,19,25)(H,20,26)(H,23,24). The van der Waals surface area contributed by atoms with Crippen LogP contribution in [0, 0.1) is 0 Å². The van der Waals surface area contributed by atoms with Gasteiger partial charge in [-0.05, 0) is 19.1 Å². The van der Waals surface area contributed by atoms with Crippen LogP contribution in [-0.2, 0) is 9.59 Å². The smallest absolute Gasteiger partial charge is 0.328 e. The van der Waals surface area contributed by atoms with Gasteiger partial charge in [0.15, 0.2) is 0 Å². The number of amides is 2. The third-order valence-electron chi connectivity index (χ3n) is 3.56. The number of aliphatic carboxylic acids is 1. The van der Waals surface area contributed by atoms with E-state index in [9.17, 15) is 14.4 Å². The Morgan fingerprint density at radius 1 is 1.10 bits per heavy atom. The van der Waals surface area contributed by atoms with E-state index in [1.807, 2.05) is 0 Å². The molecule has 1 heterocycles. The van der Waals surface area contributed by atoms with Crippen LogP contribution in [0.5, 0.6) is 23.5 Å². The molecule has 3 N–H and O–H groups in total. The van der Waals surface area contributed by atoms with Gasteiger partial charge in [0.25, 0.3) is 5.91 Å². The van der Waals surface area contributed by atoms with Crippen LogP contribution < -0.4 is 24.8 Å². The van der Waals surface area contributed by atoms with Crippen molar-refractivity contribution in [2.45, 2.75) is 13.0 Å². The highest BCUT2D eigenvalue weighted by molar-refractivity contribution is 5.99. The van der Waals surface area contributed by atoms with Crippen molar-refractivity contribution in [3.05, 3.63) is 35.9 Å². The molecular weight excluding hydrogens is 384 g/mol. The molecule has 2 amide bonds. The molecule has 2 aromatic rings. The molecule has 1 aromatic carbocycles. The lowest BCUT2D eigenvalue weighted by Crippen LogP contribution is -2.46. The normalized spacial score (nSPS) is 11.1. The molecule has 0 fully saturated rings. The molecule has 11 heteroatoms. The van der Waals surface area contributed by atoms with Crippen LogP contribution in [0.2, 0.25) is 0 Å². The quantitative estimate of drug-likeness (QED) is 0.546. The minimum Gasteiger partial charge on any atom is -0.481 e. The van der Waals surface area contributed by atoms with Crippen LogP contribution in [0.25, 0.3) is 0 Å². The van der Waals surface area contributed by atoms with Crippen molar-refractivity contribution in [2.75, 3.05) is 20.8 Å². The molecule has 29 heavy (non-hydrogen) atoms. The molecule has 0 bridgehead atoms. The molecule has 11 nitrogen and oxygen atoms in total. The second-order valence-electron chi connectivity index (χ2n) is 5.64. The number of hydrogen-bond acceptors (Lipinski definition) is 8. The summed E-state index contributed by atoms with van der Waals surface area (Å²) in [5.41, 5.74) is 0.121. The summed E-state index contributed by atoms with van der Waals surface area (Å²) >= 11 is 0. The number of para-hydroxylation sites is 1. The molecule has 2 rings (SSSR count). The molecule has 1 aromatic heterocycles. The number of nitrogens with zero attached hydrogens (tertiary/aromatic N) is 2. The number of carboxylic acid groups (broad SMARTS) is 1. The molecule has 0 aliphatic rings. The van der Waals surface area contributed by atoms with Crippen molar-refractivity contribution in [3.8, 4) is 23.5 Å². The number of carbonyl (C=O) groups excluding carboxylic acids is 2. The van der Waals surface area contributed by atoms with Gasteiger partial charge in [0.2, 0.25) is 17.7 Å². The Labute approximate surface area is 166 Å². The fourth-order valence-electron chi connectivity index (χ4n) is 2.14. The summed E-state index contributed by atoms with van der Waals surface area (Å²) in [6, 6.07) is 6.67. The second-order valence-corrected chi connectivity index (χ2v) is 5.64. The lowest BCUT2D eigenvalue weighted by atomic mass is 10.1. The zero-order valence-electron chi connectivity index (χ0n) is 16.0. The fourth-order valence-corrected chi connectivity index (χ4v) is 2.14. The van der Waals surface area contributed by atoms with E-state index in [1.165, 1.54) is 39.3 Å². The number of nitrogens with one attached hydrogen (secondary N) is 2. The van der Waals surface area contributed by atoms with Gasteiger partial charge in [0.1, 0.15) is 18.3 Å². The molecule has 0 aliphatic heterocycles. The van der Waals surface area contributed by atoms with Gasteiger partial charge in [-0.3, -0.25) is 14.4 Å². The molecule has 0 saturated carbocycles. The van der Waals surface area contributed by atoms with Crippen LogP contribution in [0.1, 0.15) is 17.3 Å². The summed E-state index contributed by atoms with van der Waals surface area (Å²) in [6.07, 6.45) is 0. The first kappa shape index (κ1) is 21.4. The third-order valence-corrected chi connectivity index (χ3v) is 3.56. The topological polar surface area (TPSA) is 149 Å². The Morgan fingerprint density at radius 2 is 1.72 bits per heavy atom. The van der Waals surface area contributed by atoms with Gasteiger partial charge in [-0.15, -0.1) is 0 Å². The maximum Gasteiger partial charge on any atom is 0.328 e. The highest BCUT2D eigenvalue weighted by Crippen LogP contribution is 2.26.